The quantitative estimate of drug-likeness (QED) is 0.348. The van der Waals surface area contributed by atoms with Gasteiger partial charge in [-0.3, -0.25) is 0 Å². The zero-order valence-electron chi connectivity index (χ0n) is 21.2. The lowest BCUT2D eigenvalue weighted by Crippen LogP contribution is -2.28. The fourth-order valence-electron chi connectivity index (χ4n) is 5.67. The van der Waals surface area contributed by atoms with Crippen LogP contribution in [-0.2, 0) is 13.0 Å². The van der Waals surface area contributed by atoms with Crippen LogP contribution in [0.1, 0.15) is 40.2 Å². The van der Waals surface area contributed by atoms with E-state index >= 15 is 0 Å². The number of aliphatic hydroxyl groups is 3. The first-order valence-corrected chi connectivity index (χ1v) is 12.6. The maximum atomic E-state index is 14.9. The van der Waals surface area contributed by atoms with Crippen molar-refractivity contribution >= 4 is 0 Å². The number of pyridine rings is 1. The largest absolute Gasteiger partial charge is 0.831 e. The van der Waals surface area contributed by atoms with Crippen LogP contribution in [0.3, 0.4) is 0 Å². The van der Waals surface area contributed by atoms with Crippen molar-refractivity contribution in [2.45, 2.75) is 51.6 Å². The van der Waals surface area contributed by atoms with Crippen LogP contribution in [0, 0.1) is 37.3 Å². The van der Waals surface area contributed by atoms with Crippen molar-refractivity contribution in [3.8, 4) is 22.8 Å². The highest BCUT2D eigenvalue weighted by molar-refractivity contribution is 5.73. The molecule has 38 heavy (non-hydrogen) atoms. The Hall–Kier alpha value is -3.11. The molecule has 1 fully saturated rings. The Bertz CT molecular complexity index is 1320. The number of benzene rings is 2. The lowest BCUT2D eigenvalue weighted by molar-refractivity contribution is -0.490. The van der Waals surface area contributed by atoms with E-state index in [0.29, 0.717) is 23.6 Å². The molecular formula is C29H30F2NO6-. The first kappa shape index (κ1) is 26.5. The number of nitrogens with zero attached hydrogens (tertiary/aromatic N) is 1. The summed E-state index contributed by atoms with van der Waals surface area (Å²) in [6, 6.07) is 7.58. The summed E-state index contributed by atoms with van der Waals surface area (Å²) in [4.78, 5) is 4.30. The molecule has 5 rings (SSSR count). The number of aliphatic hydroxyl groups excluding tert-OH is 3. The highest BCUT2D eigenvalue weighted by Gasteiger charge is 2.56. The summed E-state index contributed by atoms with van der Waals surface area (Å²) in [5.41, 5.74) is 4.49. The first-order chi connectivity index (χ1) is 18.2. The zero-order valence-corrected chi connectivity index (χ0v) is 21.2. The van der Waals surface area contributed by atoms with E-state index in [4.69, 9.17) is 14.6 Å². The maximum Gasteiger partial charge on any atom is 0.213 e. The zero-order chi connectivity index (χ0) is 27.1. The predicted molar refractivity (Wildman–Crippen MR) is 132 cm³/mol. The summed E-state index contributed by atoms with van der Waals surface area (Å²) in [6.07, 6.45) is 0.180. The SMILES string of the molecule is Cc1cc(OCC[C@H](O)CO)cc(C)c1-c1cc(COc2cc3c(cn2)[C@H]2[C@@H](C3)[C@@H]2C([O-])O)c(F)cc1F. The van der Waals surface area contributed by atoms with Gasteiger partial charge in [-0.15, -0.1) is 0 Å². The van der Waals surface area contributed by atoms with E-state index in [0.717, 1.165) is 28.3 Å². The molecule has 9 heteroatoms. The monoisotopic (exact) mass is 526 g/mol. The van der Waals surface area contributed by atoms with Gasteiger partial charge in [0.1, 0.15) is 24.0 Å². The van der Waals surface area contributed by atoms with Crippen LogP contribution in [0.25, 0.3) is 11.1 Å². The molecule has 202 valence electrons. The van der Waals surface area contributed by atoms with Crippen LogP contribution >= 0.6 is 0 Å². The van der Waals surface area contributed by atoms with E-state index in [9.17, 15) is 24.1 Å². The van der Waals surface area contributed by atoms with Crippen LogP contribution in [0.15, 0.2) is 36.5 Å². The molecule has 1 unspecified atom stereocenters. The normalized spacial score (nSPS) is 21.0. The standard InChI is InChI=1S/C29H30F2NO6/c1-14-5-19(37-4-3-18(34)12-33)6-15(2)26(14)20-8-17(23(30)10-24(20)31)13-38-25-9-16-7-21-27(22(16)11-32-25)28(21)29(35)36/h5-6,8-11,18,21,27-29,33-35H,3-4,7,12-13H2,1-2H3/q-1/t18-,21+,27+,28-,29?/m0/s1. The number of hydrogen-bond acceptors (Lipinski definition) is 7. The highest BCUT2D eigenvalue weighted by atomic mass is 19.1. The molecule has 2 aliphatic carbocycles. The summed E-state index contributed by atoms with van der Waals surface area (Å²) in [5.74, 6) is -0.616. The minimum atomic E-state index is -1.58. The molecule has 3 N–H and O–H groups in total. The molecule has 3 aromatic rings. The summed E-state index contributed by atoms with van der Waals surface area (Å²) in [6.45, 7) is 3.35. The summed E-state index contributed by atoms with van der Waals surface area (Å²) < 4.78 is 41.1. The summed E-state index contributed by atoms with van der Waals surface area (Å²) in [5, 5.41) is 39.2. The molecule has 5 atom stereocenters. The fourth-order valence-corrected chi connectivity index (χ4v) is 5.67. The molecule has 0 saturated heterocycles. The van der Waals surface area contributed by atoms with Crippen molar-refractivity contribution in [3.05, 3.63) is 76.0 Å². The fraction of sp³-hybridized carbons (Fsp3) is 0.414. The smallest absolute Gasteiger partial charge is 0.213 e. The van der Waals surface area contributed by atoms with Crippen molar-refractivity contribution in [1.82, 2.24) is 4.98 Å². The van der Waals surface area contributed by atoms with E-state index < -0.39 is 24.0 Å². The third-order valence-corrected chi connectivity index (χ3v) is 7.59. The van der Waals surface area contributed by atoms with Gasteiger partial charge in [0.25, 0.3) is 0 Å². The van der Waals surface area contributed by atoms with E-state index in [1.165, 1.54) is 6.07 Å². The third-order valence-electron chi connectivity index (χ3n) is 7.59. The van der Waals surface area contributed by atoms with Gasteiger partial charge in [0, 0.05) is 35.9 Å². The second kappa shape index (κ2) is 10.6. The maximum absolute atomic E-state index is 14.9. The number of hydrogen-bond donors (Lipinski definition) is 3. The van der Waals surface area contributed by atoms with E-state index in [1.54, 1.807) is 24.4 Å². The van der Waals surface area contributed by atoms with Gasteiger partial charge >= 0.3 is 0 Å². The minimum absolute atomic E-state index is 0.0477. The van der Waals surface area contributed by atoms with Gasteiger partial charge in [0.15, 0.2) is 0 Å². The average molecular weight is 527 g/mol. The number of halogens is 2. The van der Waals surface area contributed by atoms with Crippen LogP contribution in [-0.4, -0.2) is 45.9 Å². The van der Waals surface area contributed by atoms with Gasteiger partial charge < -0.3 is 29.9 Å². The second-order valence-electron chi connectivity index (χ2n) is 10.2. The summed E-state index contributed by atoms with van der Waals surface area (Å²) in [7, 11) is 0. The Morgan fingerprint density at radius 2 is 1.79 bits per heavy atom. The number of rotatable bonds is 10. The van der Waals surface area contributed by atoms with Gasteiger partial charge in [0.2, 0.25) is 5.88 Å². The van der Waals surface area contributed by atoms with E-state index in [-0.39, 0.29) is 55.1 Å². The first-order valence-electron chi connectivity index (χ1n) is 12.6. The molecule has 2 aromatic carbocycles. The van der Waals surface area contributed by atoms with Crippen LogP contribution in [0.2, 0.25) is 0 Å². The predicted octanol–water partition coefficient (Wildman–Crippen LogP) is 2.91. The molecule has 1 heterocycles. The Morgan fingerprint density at radius 3 is 2.47 bits per heavy atom. The van der Waals surface area contributed by atoms with Crippen molar-refractivity contribution in [2.75, 3.05) is 13.2 Å². The Balaban J connectivity index is 1.31. The molecule has 7 nitrogen and oxygen atoms in total. The van der Waals surface area contributed by atoms with Crippen LogP contribution < -0.4 is 14.6 Å². The van der Waals surface area contributed by atoms with Crippen molar-refractivity contribution in [1.29, 1.82) is 0 Å². The molecule has 0 spiro atoms. The Morgan fingerprint density at radius 1 is 1.05 bits per heavy atom. The van der Waals surface area contributed by atoms with Crippen LogP contribution in [0.5, 0.6) is 11.6 Å². The molecule has 0 radical (unpaired) electrons. The lowest BCUT2D eigenvalue weighted by Gasteiger charge is -2.18. The molecule has 0 amide bonds. The van der Waals surface area contributed by atoms with Gasteiger partial charge in [-0.2, -0.15) is 0 Å². The van der Waals surface area contributed by atoms with Crippen molar-refractivity contribution < 1.29 is 38.7 Å². The van der Waals surface area contributed by atoms with E-state index in [2.05, 4.69) is 4.98 Å². The summed E-state index contributed by atoms with van der Waals surface area (Å²) >= 11 is 0. The topological polar surface area (TPSA) is 115 Å². The van der Waals surface area contributed by atoms with Gasteiger partial charge in [0.05, 0.1) is 19.3 Å². The van der Waals surface area contributed by atoms with Crippen molar-refractivity contribution in [2.24, 2.45) is 11.8 Å². The Labute approximate surface area is 219 Å². The minimum Gasteiger partial charge on any atom is -0.831 e. The van der Waals surface area contributed by atoms with Gasteiger partial charge in [-0.1, -0.05) is 0 Å². The molecule has 1 aromatic heterocycles. The number of fused-ring (bicyclic) bond motifs is 3. The number of aromatic nitrogens is 1. The number of aryl methyl sites for hydroxylation is 2. The van der Waals surface area contributed by atoms with Gasteiger partial charge in [-0.25, -0.2) is 13.8 Å². The highest BCUT2D eigenvalue weighted by Crippen LogP contribution is 2.62. The molecule has 0 aliphatic heterocycles. The third kappa shape index (κ3) is 5.11. The van der Waals surface area contributed by atoms with Crippen LogP contribution in [0.4, 0.5) is 8.78 Å². The Kier molecular flexibility index (Phi) is 7.37. The molecule has 1 saturated carbocycles. The number of ether oxygens (including phenoxy) is 2. The van der Waals surface area contributed by atoms with E-state index in [1.807, 2.05) is 13.8 Å². The molecule has 0 bridgehead atoms. The molecule has 2 aliphatic rings. The molecular weight excluding hydrogens is 496 g/mol. The lowest BCUT2D eigenvalue weighted by atomic mass is 9.93. The average Bonchev–Trinajstić information content (AvgIpc) is 3.46. The van der Waals surface area contributed by atoms with Crippen molar-refractivity contribution in [3.63, 3.8) is 0 Å². The second-order valence-corrected chi connectivity index (χ2v) is 10.2. The van der Waals surface area contributed by atoms with Gasteiger partial charge in [-0.05, 0) is 90.3 Å².